The smallest absolute Gasteiger partial charge is 0.127 e. The Hall–Kier alpha value is -0.350. The van der Waals surface area contributed by atoms with Crippen molar-refractivity contribution in [3.8, 4) is 0 Å². The van der Waals surface area contributed by atoms with Crippen LogP contribution >= 0.6 is 15.9 Å². The van der Waals surface area contributed by atoms with Gasteiger partial charge in [0.2, 0.25) is 0 Å². The average Bonchev–Trinajstić information content (AvgIpc) is 2.17. The van der Waals surface area contributed by atoms with Crippen LogP contribution in [-0.4, -0.2) is 9.55 Å². The molecular formula is C6H10BrN3. The predicted molar refractivity (Wildman–Crippen MR) is 43.5 cm³/mol. The molecule has 0 bridgehead atoms. The van der Waals surface area contributed by atoms with Gasteiger partial charge in [0.1, 0.15) is 10.4 Å². The van der Waals surface area contributed by atoms with E-state index in [2.05, 4.69) is 20.9 Å². The van der Waals surface area contributed by atoms with E-state index in [-0.39, 0.29) is 0 Å². The largest absolute Gasteiger partial charge is 0.333 e. The van der Waals surface area contributed by atoms with E-state index in [1.165, 1.54) is 0 Å². The molecule has 0 unspecified atom stereocenters. The highest BCUT2D eigenvalue weighted by molar-refractivity contribution is 9.10. The molecule has 0 spiro atoms. The number of hydrogen-bond donors (Lipinski definition) is 1. The number of rotatable bonds is 1. The molecule has 1 rings (SSSR count). The number of hydrogen-bond acceptors (Lipinski definition) is 2. The van der Waals surface area contributed by atoms with Crippen molar-refractivity contribution >= 4 is 15.9 Å². The average molecular weight is 204 g/mol. The minimum Gasteiger partial charge on any atom is -0.333 e. The van der Waals surface area contributed by atoms with Gasteiger partial charge in [-0.1, -0.05) is 0 Å². The van der Waals surface area contributed by atoms with E-state index in [1.54, 1.807) is 0 Å². The zero-order valence-corrected chi connectivity index (χ0v) is 7.64. The van der Waals surface area contributed by atoms with Crippen LogP contribution in [0.25, 0.3) is 0 Å². The molecule has 2 N–H and O–H groups in total. The number of halogens is 1. The first-order valence-corrected chi connectivity index (χ1v) is 3.84. The molecule has 1 aromatic rings. The molecule has 0 aromatic carbocycles. The van der Waals surface area contributed by atoms with Crippen molar-refractivity contribution in [3.63, 3.8) is 0 Å². The molecule has 0 aliphatic rings. The summed E-state index contributed by atoms with van der Waals surface area (Å²) < 4.78 is 2.86. The van der Waals surface area contributed by atoms with Crippen molar-refractivity contribution < 1.29 is 0 Å². The molecule has 3 nitrogen and oxygen atoms in total. The zero-order valence-electron chi connectivity index (χ0n) is 6.06. The number of nitrogens with zero attached hydrogens (tertiary/aromatic N) is 2. The van der Waals surface area contributed by atoms with Crippen molar-refractivity contribution in [2.75, 3.05) is 0 Å². The third kappa shape index (κ3) is 1.09. The summed E-state index contributed by atoms with van der Waals surface area (Å²) in [6, 6.07) is 0. The van der Waals surface area contributed by atoms with Gasteiger partial charge >= 0.3 is 0 Å². The fraction of sp³-hybridized carbons (Fsp3) is 0.500. The number of nitrogens with two attached hydrogens (primary N) is 1. The first-order valence-electron chi connectivity index (χ1n) is 3.04. The van der Waals surface area contributed by atoms with Crippen LogP contribution in [0.15, 0.2) is 4.60 Å². The van der Waals surface area contributed by atoms with Crippen molar-refractivity contribution in [2.24, 2.45) is 12.8 Å². The minimum absolute atomic E-state index is 0.489. The maximum atomic E-state index is 5.43. The van der Waals surface area contributed by atoms with Gasteiger partial charge in [-0.3, -0.25) is 0 Å². The molecule has 1 aromatic heterocycles. The highest BCUT2D eigenvalue weighted by Crippen LogP contribution is 2.14. The number of imidazole rings is 1. The van der Waals surface area contributed by atoms with Gasteiger partial charge < -0.3 is 10.3 Å². The lowest BCUT2D eigenvalue weighted by Gasteiger charge is -1.97. The standard InChI is InChI=1S/C6H10BrN3/c1-4-6(7)9-5(3-8)10(4)2/h3,8H2,1-2H3. The minimum atomic E-state index is 0.489. The summed E-state index contributed by atoms with van der Waals surface area (Å²) in [7, 11) is 1.95. The molecule has 0 aliphatic heterocycles. The predicted octanol–water partition coefficient (Wildman–Crippen LogP) is 0.950. The molecule has 0 atom stereocenters. The summed E-state index contributed by atoms with van der Waals surface area (Å²) >= 11 is 3.32. The van der Waals surface area contributed by atoms with Gasteiger partial charge in [0.05, 0.1) is 6.54 Å². The van der Waals surface area contributed by atoms with Crippen molar-refractivity contribution in [2.45, 2.75) is 13.5 Å². The van der Waals surface area contributed by atoms with Crippen molar-refractivity contribution in [3.05, 3.63) is 16.1 Å². The van der Waals surface area contributed by atoms with Gasteiger partial charge in [0.15, 0.2) is 0 Å². The van der Waals surface area contributed by atoms with Crippen LogP contribution in [0.2, 0.25) is 0 Å². The van der Waals surface area contributed by atoms with Gasteiger partial charge in [-0.2, -0.15) is 0 Å². The summed E-state index contributed by atoms with van der Waals surface area (Å²) in [4.78, 5) is 4.18. The van der Waals surface area contributed by atoms with E-state index in [1.807, 2.05) is 18.5 Å². The highest BCUT2D eigenvalue weighted by Gasteiger charge is 2.05. The first kappa shape index (κ1) is 7.75. The lowest BCUT2D eigenvalue weighted by Crippen LogP contribution is -2.05. The van der Waals surface area contributed by atoms with Crippen LogP contribution in [-0.2, 0) is 13.6 Å². The Balaban J connectivity index is 3.17. The van der Waals surface area contributed by atoms with Crippen LogP contribution < -0.4 is 5.73 Å². The quantitative estimate of drug-likeness (QED) is 0.740. The van der Waals surface area contributed by atoms with Crippen LogP contribution in [0.4, 0.5) is 0 Å². The summed E-state index contributed by atoms with van der Waals surface area (Å²) in [5.41, 5.74) is 6.54. The fourth-order valence-corrected chi connectivity index (χ4v) is 1.25. The first-order chi connectivity index (χ1) is 4.66. The second-order valence-electron chi connectivity index (χ2n) is 2.17. The Morgan fingerprint density at radius 3 is 2.50 bits per heavy atom. The second kappa shape index (κ2) is 2.72. The van der Waals surface area contributed by atoms with Gasteiger partial charge in [0.25, 0.3) is 0 Å². The Kier molecular flexibility index (Phi) is 2.11. The molecule has 0 saturated carbocycles. The Morgan fingerprint density at radius 2 is 2.30 bits per heavy atom. The molecule has 56 valence electrons. The summed E-state index contributed by atoms with van der Waals surface area (Å²) in [5.74, 6) is 0.907. The monoisotopic (exact) mass is 203 g/mol. The SMILES string of the molecule is Cc1c(Br)nc(CN)n1C. The molecule has 10 heavy (non-hydrogen) atoms. The maximum absolute atomic E-state index is 5.43. The summed E-state index contributed by atoms with van der Waals surface area (Å²) in [6.07, 6.45) is 0. The third-order valence-corrected chi connectivity index (χ3v) is 2.35. The molecule has 0 radical (unpaired) electrons. The van der Waals surface area contributed by atoms with E-state index in [0.717, 1.165) is 16.1 Å². The van der Waals surface area contributed by atoms with E-state index in [9.17, 15) is 0 Å². The molecule has 0 amide bonds. The topological polar surface area (TPSA) is 43.8 Å². The lowest BCUT2D eigenvalue weighted by molar-refractivity contribution is 0.774. The zero-order chi connectivity index (χ0) is 7.72. The Bertz CT molecular complexity index is 241. The molecule has 1 heterocycles. The molecular weight excluding hydrogens is 194 g/mol. The summed E-state index contributed by atoms with van der Waals surface area (Å²) in [6.45, 7) is 2.49. The molecule has 0 fully saturated rings. The highest BCUT2D eigenvalue weighted by atomic mass is 79.9. The van der Waals surface area contributed by atoms with E-state index in [0.29, 0.717) is 6.54 Å². The van der Waals surface area contributed by atoms with Crippen molar-refractivity contribution in [1.82, 2.24) is 9.55 Å². The van der Waals surface area contributed by atoms with Gasteiger partial charge in [0, 0.05) is 12.7 Å². The van der Waals surface area contributed by atoms with Crippen LogP contribution in [0.5, 0.6) is 0 Å². The van der Waals surface area contributed by atoms with Gasteiger partial charge in [-0.25, -0.2) is 4.98 Å². The second-order valence-corrected chi connectivity index (χ2v) is 2.92. The third-order valence-electron chi connectivity index (χ3n) is 1.60. The normalized spacial score (nSPS) is 10.4. The van der Waals surface area contributed by atoms with Crippen LogP contribution in [0, 0.1) is 6.92 Å². The van der Waals surface area contributed by atoms with Gasteiger partial charge in [-0.05, 0) is 22.9 Å². The molecule has 0 saturated heterocycles. The van der Waals surface area contributed by atoms with Crippen LogP contribution in [0.1, 0.15) is 11.5 Å². The Labute approximate surface area is 68.4 Å². The molecule has 0 aliphatic carbocycles. The lowest BCUT2D eigenvalue weighted by atomic mass is 10.5. The van der Waals surface area contributed by atoms with Gasteiger partial charge in [-0.15, -0.1) is 0 Å². The van der Waals surface area contributed by atoms with E-state index < -0.39 is 0 Å². The van der Waals surface area contributed by atoms with E-state index in [4.69, 9.17) is 5.73 Å². The maximum Gasteiger partial charge on any atom is 0.127 e. The Morgan fingerprint density at radius 1 is 1.70 bits per heavy atom. The molecule has 4 heteroatoms. The van der Waals surface area contributed by atoms with Crippen LogP contribution in [0.3, 0.4) is 0 Å². The fourth-order valence-electron chi connectivity index (χ4n) is 0.784. The van der Waals surface area contributed by atoms with Crippen molar-refractivity contribution in [1.29, 1.82) is 0 Å². The summed E-state index contributed by atoms with van der Waals surface area (Å²) in [5, 5.41) is 0. The number of aromatic nitrogens is 2. The van der Waals surface area contributed by atoms with E-state index >= 15 is 0 Å².